The van der Waals surface area contributed by atoms with Crippen LogP contribution in [0.2, 0.25) is 0 Å². The molecule has 0 radical (unpaired) electrons. The van der Waals surface area contributed by atoms with Gasteiger partial charge in [0.2, 0.25) is 0 Å². The topological polar surface area (TPSA) is 29.9 Å². The van der Waals surface area contributed by atoms with Gasteiger partial charge < -0.3 is 5.32 Å². The molecule has 1 unspecified atom stereocenters. The molecule has 92 valence electrons. The summed E-state index contributed by atoms with van der Waals surface area (Å²) in [5, 5.41) is 10.1. The zero-order valence-corrected chi connectivity index (χ0v) is 11.4. The van der Waals surface area contributed by atoms with Gasteiger partial charge in [0.1, 0.15) is 0 Å². The molecule has 0 aliphatic heterocycles. The second kappa shape index (κ2) is 5.47. The quantitative estimate of drug-likeness (QED) is 0.883. The third-order valence-electron chi connectivity index (χ3n) is 2.94. The van der Waals surface area contributed by atoms with Gasteiger partial charge in [0, 0.05) is 11.4 Å². The highest BCUT2D eigenvalue weighted by Crippen LogP contribution is 2.26. The molecule has 0 aliphatic rings. The van der Waals surface area contributed by atoms with E-state index in [1.165, 1.54) is 16.3 Å². The first-order valence-electron chi connectivity index (χ1n) is 6.07. The second-order valence-corrected chi connectivity index (χ2v) is 4.95. The molecule has 17 heavy (non-hydrogen) atoms. The minimum atomic E-state index is 0.253. The molecule has 2 aromatic heterocycles. The number of aromatic nitrogens is 2. The van der Waals surface area contributed by atoms with Crippen molar-refractivity contribution in [2.75, 3.05) is 7.05 Å². The number of hydrogen-bond donors (Lipinski definition) is 1. The van der Waals surface area contributed by atoms with Crippen LogP contribution in [-0.2, 0) is 13.0 Å². The maximum atomic E-state index is 4.61. The normalized spacial score (nSPS) is 12.9. The molecule has 0 saturated carbocycles. The van der Waals surface area contributed by atoms with Crippen molar-refractivity contribution in [3.8, 4) is 0 Å². The van der Waals surface area contributed by atoms with Crippen LogP contribution in [0.1, 0.15) is 36.2 Å². The van der Waals surface area contributed by atoms with Crippen molar-refractivity contribution in [1.82, 2.24) is 15.1 Å². The minimum absolute atomic E-state index is 0.253. The molecule has 0 bridgehead atoms. The highest BCUT2D eigenvalue weighted by Gasteiger charge is 2.18. The van der Waals surface area contributed by atoms with E-state index in [1.54, 1.807) is 11.3 Å². The largest absolute Gasteiger partial charge is 0.307 e. The third-order valence-corrected chi connectivity index (χ3v) is 3.87. The van der Waals surface area contributed by atoms with Gasteiger partial charge in [0.05, 0.1) is 17.4 Å². The summed E-state index contributed by atoms with van der Waals surface area (Å²) in [7, 11) is 2.00. The van der Waals surface area contributed by atoms with Crippen LogP contribution in [-0.4, -0.2) is 16.8 Å². The third kappa shape index (κ3) is 2.42. The smallest absolute Gasteiger partial charge is 0.0839 e. The molecule has 0 saturated heterocycles. The Morgan fingerprint density at radius 2 is 2.29 bits per heavy atom. The lowest BCUT2D eigenvalue weighted by Gasteiger charge is -2.15. The lowest BCUT2D eigenvalue weighted by molar-refractivity contribution is 0.564. The SMILES string of the molecule is CCc1cc(C(NC)c2cccs2)n(CC)n1. The Hall–Kier alpha value is -1.13. The molecule has 1 atom stereocenters. The molecule has 0 aromatic carbocycles. The summed E-state index contributed by atoms with van der Waals surface area (Å²) >= 11 is 1.78. The van der Waals surface area contributed by atoms with Crippen molar-refractivity contribution in [1.29, 1.82) is 0 Å². The van der Waals surface area contributed by atoms with Crippen LogP contribution in [0.25, 0.3) is 0 Å². The van der Waals surface area contributed by atoms with E-state index in [0.717, 1.165) is 13.0 Å². The van der Waals surface area contributed by atoms with Crippen molar-refractivity contribution >= 4 is 11.3 Å². The molecular weight excluding hydrogens is 230 g/mol. The molecule has 0 fully saturated rings. The van der Waals surface area contributed by atoms with Gasteiger partial charge in [-0.3, -0.25) is 4.68 Å². The van der Waals surface area contributed by atoms with Gasteiger partial charge in [-0.2, -0.15) is 5.10 Å². The van der Waals surface area contributed by atoms with Crippen molar-refractivity contribution < 1.29 is 0 Å². The van der Waals surface area contributed by atoms with Gasteiger partial charge in [-0.05, 0) is 37.9 Å². The van der Waals surface area contributed by atoms with Crippen molar-refractivity contribution in [2.45, 2.75) is 32.9 Å². The van der Waals surface area contributed by atoms with Crippen molar-refractivity contribution in [3.05, 3.63) is 39.8 Å². The summed E-state index contributed by atoms with van der Waals surface area (Å²) in [6, 6.07) is 6.73. The molecule has 0 amide bonds. The Morgan fingerprint density at radius 1 is 1.47 bits per heavy atom. The number of thiophene rings is 1. The van der Waals surface area contributed by atoms with E-state index in [-0.39, 0.29) is 6.04 Å². The Labute approximate surface area is 106 Å². The van der Waals surface area contributed by atoms with Crippen molar-refractivity contribution in [2.24, 2.45) is 0 Å². The summed E-state index contributed by atoms with van der Waals surface area (Å²) in [5.74, 6) is 0. The van der Waals surface area contributed by atoms with Gasteiger partial charge in [-0.15, -0.1) is 11.3 Å². The van der Waals surface area contributed by atoms with Crippen LogP contribution in [0.5, 0.6) is 0 Å². The molecule has 3 nitrogen and oxygen atoms in total. The zero-order chi connectivity index (χ0) is 12.3. The van der Waals surface area contributed by atoms with Crippen LogP contribution in [0.3, 0.4) is 0 Å². The predicted octanol–water partition coefficient (Wildman–Crippen LogP) is 2.84. The molecular formula is C13H19N3S. The maximum absolute atomic E-state index is 4.61. The molecule has 2 aromatic rings. The number of aryl methyl sites for hydroxylation is 2. The summed E-state index contributed by atoms with van der Waals surface area (Å²) in [6.07, 6.45) is 0.987. The van der Waals surface area contributed by atoms with E-state index in [0.29, 0.717) is 0 Å². The highest BCUT2D eigenvalue weighted by atomic mass is 32.1. The number of nitrogens with one attached hydrogen (secondary N) is 1. The van der Waals surface area contributed by atoms with E-state index >= 15 is 0 Å². The fourth-order valence-corrected chi connectivity index (χ4v) is 2.88. The average molecular weight is 249 g/mol. The molecule has 2 heterocycles. The molecule has 1 N–H and O–H groups in total. The number of nitrogens with zero attached hydrogens (tertiary/aromatic N) is 2. The standard InChI is InChI=1S/C13H19N3S/c1-4-10-9-11(16(5-2)15-10)13(14-3)12-7-6-8-17-12/h6-9,13-14H,4-5H2,1-3H3. The Balaban J connectivity index is 2.39. The second-order valence-electron chi connectivity index (χ2n) is 3.97. The van der Waals surface area contributed by atoms with E-state index in [2.05, 4.69) is 52.5 Å². The summed E-state index contributed by atoms with van der Waals surface area (Å²) in [5.41, 5.74) is 2.42. The van der Waals surface area contributed by atoms with Crippen LogP contribution < -0.4 is 5.32 Å². The van der Waals surface area contributed by atoms with Crippen LogP contribution in [0.4, 0.5) is 0 Å². The molecule has 0 aliphatic carbocycles. The molecule has 2 rings (SSSR count). The fraction of sp³-hybridized carbons (Fsp3) is 0.462. The Morgan fingerprint density at radius 3 is 2.82 bits per heavy atom. The average Bonchev–Trinajstić information content (AvgIpc) is 2.99. The Kier molecular flexibility index (Phi) is 3.97. The monoisotopic (exact) mass is 249 g/mol. The summed E-state index contributed by atoms with van der Waals surface area (Å²) < 4.78 is 2.10. The van der Waals surface area contributed by atoms with Gasteiger partial charge in [0.25, 0.3) is 0 Å². The molecule has 4 heteroatoms. The fourth-order valence-electron chi connectivity index (χ4n) is 2.04. The predicted molar refractivity (Wildman–Crippen MR) is 72.5 cm³/mol. The van der Waals surface area contributed by atoms with Gasteiger partial charge in [0.15, 0.2) is 0 Å². The first-order valence-corrected chi connectivity index (χ1v) is 6.95. The van der Waals surface area contributed by atoms with E-state index in [9.17, 15) is 0 Å². The summed E-state index contributed by atoms with van der Waals surface area (Å²) in [4.78, 5) is 1.34. The van der Waals surface area contributed by atoms with Gasteiger partial charge in [-0.1, -0.05) is 13.0 Å². The van der Waals surface area contributed by atoms with Crippen LogP contribution in [0.15, 0.2) is 23.6 Å². The number of rotatable bonds is 5. The van der Waals surface area contributed by atoms with E-state index in [4.69, 9.17) is 0 Å². The first kappa shape index (κ1) is 12.3. The van der Waals surface area contributed by atoms with Crippen molar-refractivity contribution in [3.63, 3.8) is 0 Å². The first-order chi connectivity index (χ1) is 8.30. The minimum Gasteiger partial charge on any atom is -0.307 e. The Bertz CT molecular complexity index is 459. The van der Waals surface area contributed by atoms with Crippen LogP contribution >= 0.6 is 11.3 Å². The van der Waals surface area contributed by atoms with Gasteiger partial charge in [-0.25, -0.2) is 0 Å². The lowest BCUT2D eigenvalue weighted by Crippen LogP contribution is -2.20. The highest BCUT2D eigenvalue weighted by molar-refractivity contribution is 7.10. The molecule has 0 spiro atoms. The van der Waals surface area contributed by atoms with Gasteiger partial charge >= 0.3 is 0 Å². The zero-order valence-electron chi connectivity index (χ0n) is 10.6. The number of hydrogen-bond acceptors (Lipinski definition) is 3. The van der Waals surface area contributed by atoms with E-state index < -0.39 is 0 Å². The summed E-state index contributed by atoms with van der Waals surface area (Å²) in [6.45, 7) is 5.20. The van der Waals surface area contributed by atoms with Crippen LogP contribution in [0, 0.1) is 0 Å². The van der Waals surface area contributed by atoms with E-state index in [1.807, 2.05) is 7.05 Å². The maximum Gasteiger partial charge on any atom is 0.0839 e. The lowest BCUT2D eigenvalue weighted by atomic mass is 10.1.